The van der Waals surface area contributed by atoms with Gasteiger partial charge in [-0.15, -0.1) is 0 Å². The lowest BCUT2D eigenvalue weighted by Crippen LogP contribution is -2.34. The van der Waals surface area contributed by atoms with Gasteiger partial charge in [-0.25, -0.2) is 4.39 Å². The van der Waals surface area contributed by atoms with Crippen LogP contribution in [0.2, 0.25) is 10.0 Å². The first kappa shape index (κ1) is 17.7. The van der Waals surface area contributed by atoms with E-state index in [1.807, 2.05) is 6.07 Å². The predicted octanol–water partition coefficient (Wildman–Crippen LogP) is 3.58. The highest BCUT2D eigenvalue weighted by Gasteiger charge is 2.05. The van der Waals surface area contributed by atoms with E-state index in [-0.39, 0.29) is 24.8 Å². The fourth-order valence-corrected chi connectivity index (χ4v) is 2.55. The molecule has 0 saturated heterocycles. The Hall–Kier alpha value is -1.62. The van der Waals surface area contributed by atoms with Gasteiger partial charge in [0.25, 0.3) is 0 Å². The Morgan fingerprint density at radius 2 is 1.87 bits per heavy atom. The van der Waals surface area contributed by atoms with Gasteiger partial charge in [-0.1, -0.05) is 47.5 Å². The standard InChI is InChI=1S/C17H17Cl2FN2O/c18-14-6-5-12(15(19)9-14)7-8-21-11-17(23)22-10-13-3-1-2-4-16(13)20/h1-6,9,21H,7-8,10-11H2,(H,22,23). The molecule has 0 atom stereocenters. The SMILES string of the molecule is O=C(CNCCc1ccc(Cl)cc1Cl)NCc1ccccc1F. The number of hydrogen-bond donors (Lipinski definition) is 2. The van der Waals surface area contributed by atoms with Crippen molar-refractivity contribution in [2.75, 3.05) is 13.1 Å². The molecule has 2 aromatic rings. The fraction of sp³-hybridized carbons (Fsp3) is 0.235. The van der Waals surface area contributed by atoms with Gasteiger partial charge >= 0.3 is 0 Å². The van der Waals surface area contributed by atoms with E-state index in [9.17, 15) is 9.18 Å². The lowest BCUT2D eigenvalue weighted by Gasteiger charge is -2.08. The van der Waals surface area contributed by atoms with E-state index < -0.39 is 0 Å². The molecule has 0 saturated carbocycles. The molecule has 2 rings (SSSR count). The third kappa shape index (κ3) is 5.82. The molecule has 23 heavy (non-hydrogen) atoms. The predicted molar refractivity (Wildman–Crippen MR) is 91.3 cm³/mol. The van der Waals surface area contributed by atoms with Gasteiger partial charge in [0, 0.05) is 22.2 Å². The summed E-state index contributed by atoms with van der Waals surface area (Å²) in [6.07, 6.45) is 0.691. The summed E-state index contributed by atoms with van der Waals surface area (Å²) >= 11 is 11.9. The Labute approximate surface area is 144 Å². The van der Waals surface area contributed by atoms with Crippen molar-refractivity contribution in [2.24, 2.45) is 0 Å². The molecule has 0 bridgehead atoms. The van der Waals surface area contributed by atoms with Crippen LogP contribution in [0.1, 0.15) is 11.1 Å². The minimum Gasteiger partial charge on any atom is -0.351 e. The molecule has 0 aromatic heterocycles. The van der Waals surface area contributed by atoms with Crippen LogP contribution in [0.4, 0.5) is 4.39 Å². The summed E-state index contributed by atoms with van der Waals surface area (Å²) in [7, 11) is 0. The molecule has 0 aliphatic carbocycles. The second-order valence-corrected chi connectivity index (χ2v) is 5.87. The van der Waals surface area contributed by atoms with E-state index >= 15 is 0 Å². The third-order valence-corrected chi connectivity index (χ3v) is 3.89. The third-order valence-electron chi connectivity index (χ3n) is 3.31. The van der Waals surface area contributed by atoms with Gasteiger partial charge in [-0.3, -0.25) is 4.79 Å². The summed E-state index contributed by atoms with van der Waals surface area (Å²) in [5, 5.41) is 6.91. The number of carbonyl (C=O) groups is 1. The Morgan fingerprint density at radius 3 is 2.61 bits per heavy atom. The monoisotopic (exact) mass is 354 g/mol. The van der Waals surface area contributed by atoms with Crippen molar-refractivity contribution < 1.29 is 9.18 Å². The van der Waals surface area contributed by atoms with Crippen molar-refractivity contribution >= 4 is 29.1 Å². The van der Waals surface area contributed by atoms with E-state index in [0.717, 1.165) is 5.56 Å². The minimum atomic E-state index is -0.321. The summed E-state index contributed by atoms with van der Waals surface area (Å²) < 4.78 is 13.4. The summed E-state index contributed by atoms with van der Waals surface area (Å²) in [5.74, 6) is -0.506. The van der Waals surface area contributed by atoms with Crippen LogP contribution >= 0.6 is 23.2 Å². The lowest BCUT2D eigenvalue weighted by molar-refractivity contribution is -0.120. The number of carbonyl (C=O) groups excluding carboxylic acids is 1. The topological polar surface area (TPSA) is 41.1 Å². The summed E-state index contributed by atoms with van der Waals surface area (Å²) in [5.41, 5.74) is 1.43. The number of hydrogen-bond acceptors (Lipinski definition) is 2. The summed E-state index contributed by atoms with van der Waals surface area (Å²) in [4.78, 5) is 11.7. The molecule has 0 fully saturated rings. The van der Waals surface area contributed by atoms with Gasteiger partial charge in [0.15, 0.2) is 0 Å². The maximum Gasteiger partial charge on any atom is 0.234 e. The average Bonchev–Trinajstić information content (AvgIpc) is 2.52. The van der Waals surface area contributed by atoms with E-state index in [1.54, 1.807) is 30.3 Å². The molecule has 2 aromatic carbocycles. The van der Waals surface area contributed by atoms with Crippen LogP contribution in [0.3, 0.4) is 0 Å². The van der Waals surface area contributed by atoms with E-state index in [1.165, 1.54) is 6.07 Å². The maximum absolute atomic E-state index is 13.4. The summed E-state index contributed by atoms with van der Waals surface area (Å²) in [6, 6.07) is 11.7. The molecule has 0 radical (unpaired) electrons. The van der Waals surface area contributed by atoms with Crippen LogP contribution in [0.5, 0.6) is 0 Å². The quantitative estimate of drug-likeness (QED) is 0.746. The van der Waals surface area contributed by atoms with E-state index in [2.05, 4.69) is 10.6 Å². The molecule has 1 amide bonds. The maximum atomic E-state index is 13.4. The van der Waals surface area contributed by atoms with Crippen molar-refractivity contribution in [3.63, 3.8) is 0 Å². The molecular formula is C17H17Cl2FN2O. The second-order valence-electron chi connectivity index (χ2n) is 5.03. The first-order valence-electron chi connectivity index (χ1n) is 7.21. The Balaban J connectivity index is 1.68. The van der Waals surface area contributed by atoms with Crippen molar-refractivity contribution in [3.8, 4) is 0 Å². The molecule has 6 heteroatoms. The second kappa shape index (κ2) is 8.87. The average molecular weight is 355 g/mol. The highest BCUT2D eigenvalue weighted by Crippen LogP contribution is 2.20. The van der Waals surface area contributed by atoms with E-state index in [0.29, 0.717) is 28.6 Å². The van der Waals surface area contributed by atoms with Crippen LogP contribution in [0.25, 0.3) is 0 Å². The first-order valence-corrected chi connectivity index (χ1v) is 7.96. The number of amides is 1. The number of halogens is 3. The molecule has 3 nitrogen and oxygen atoms in total. The smallest absolute Gasteiger partial charge is 0.234 e. The van der Waals surface area contributed by atoms with Crippen molar-refractivity contribution in [2.45, 2.75) is 13.0 Å². The number of benzene rings is 2. The van der Waals surface area contributed by atoms with Gasteiger partial charge in [0.1, 0.15) is 5.82 Å². The van der Waals surface area contributed by atoms with Gasteiger partial charge in [-0.2, -0.15) is 0 Å². The summed E-state index contributed by atoms with van der Waals surface area (Å²) in [6.45, 7) is 0.949. The zero-order valence-electron chi connectivity index (χ0n) is 12.4. The van der Waals surface area contributed by atoms with Gasteiger partial charge in [0.2, 0.25) is 5.91 Å². The van der Waals surface area contributed by atoms with Crippen LogP contribution in [-0.4, -0.2) is 19.0 Å². The lowest BCUT2D eigenvalue weighted by atomic mass is 10.1. The first-order chi connectivity index (χ1) is 11.1. The largest absolute Gasteiger partial charge is 0.351 e. The molecule has 0 unspecified atom stereocenters. The van der Waals surface area contributed by atoms with Crippen LogP contribution < -0.4 is 10.6 Å². The van der Waals surface area contributed by atoms with Crippen LogP contribution in [0.15, 0.2) is 42.5 Å². The molecule has 0 aliphatic rings. The Kier molecular flexibility index (Phi) is 6.84. The van der Waals surface area contributed by atoms with Crippen LogP contribution in [0, 0.1) is 5.82 Å². The number of nitrogens with one attached hydrogen (secondary N) is 2. The zero-order chi connectivity index (χ0) is 16.7. The normalized spacial score (nSPS) is 10.6. The molecule has 0 spiro atoms. The van der Waals surface area contributed by atoms with Crippen molar-refractivity contribution in [1.82, 2.24) is 10.6 Å². The van der Waals surface area contributed by atoms with Crippen LogP contribution in [-0.2, 0) is 17.8 Å². The highest BCUT2D eigenvalue weighted by molar-refractivity contribution is 6.35. The van der Waals surface area contributed by atoms with E-state index in [4.69, 9.17) is 23.2 Å². The highest BCUT2D eigenvalue weighted by atomic mass is 35.5. The molecule has 0 heterocycles. The fourth-order valence-electron chi connectivity index (χ4n) is 2.05. The van der Waals surface area contributed by atoms with Crippen molar-refractivity contribution in [3.05, 3.63) is 69.5 Å². The Bertz CT molecular complexity index is 679. The Morgan fingerprint density at radius 1 is 1.09 bits per heavy atom. The molecule has 2 N–H and O–H groups in total. The van der Waals surface area contributed by atoms with Gasteiger partial charge in [0.05, 0.1) is 6.54 Å². The number of rotatable bonds is 7. The molecule has 122 valence electrons. The zero-order valence-corrected chi connectivity index (χ0v) is 13.9. The molecular weight excluding hydrogens is 338 g/mol. The van der Waals surface area contributed by atoms with Crippen molar-refractivity contribution in [1.29, 1.82) is 0 Å². The molecule has 0 aliphatic heterocycles. The van der Waals surface area contributed by atoms with Gasteiger partial charge in [-0.05, 0) is 36.7 Å². The minimum absolute atomic E-state index is 0.166. The van der Waals surface area contributed by atoms with Gasteiger partial charge < -0.3 is 10.6 Å².